The molecule has 0 saturated carbocycles. The van der Waals surface area contributed by atoms with Gasteiger partial charge in [-0.3, -0.25) is 0 Å². The normalized spacial score (nSPS) is 16.1. The number of aliphatic hydroxyl groups is 1. The second-order valence-corrected chi connectivity index (χ2v) is 3.70. The van der Waals surface area contributed by atoms with Crippen molar-refractivity contribution in [2.75, 3.05) is 0 Å². The van der Waals surface area contributed by atoms with Gasteiger partial charge in [-0.2, -0.15) is 0 Å². The molecule has 1 atom stereocenters. The zero-order valence-electron chi connectivity index (χ0n) is 7.39. The number of hydrogen-bond donors (Lipinski definition) is 1. The van der Waals surface area contributed by atoms with Crippen LogP contribution >= 0.6 is 0 Å². The predicted molar refractivity (Wildman–Crippen MR) is 44.9 cm³/mol. The van der Waals surface area contributed by atoms with Gasteiger partial charge in [-0.05, 0) is 11.8 Å². The van der Waals surface area contributed by atoms with E-state index in [0.717, 1.165) is 6.42 Å². The van der Waals surface area contributed by atoms with Gasteiger partial charge in [0.05, 0.1) is 6.10 Å². The SMILES string of the molecule is CCC(O)/C=C/C(C)(C)C. The molecule has 1 nitrogen and oxygen atoms in total. The number of allylic oxidation sites excluding steroid dienone is 1. The lowest BCUT2D eigenvalue weighted by molar-refractivity contribution is 0.217. The van der Waals surface area contributed by atoms with E-state index in [1.807, 2.05) is 19.1 Å². The molecular formula is C9H18O. The molecule has 10 heavy (non-hydrogen) atoms. The molecule has 0 fully saturated rings. The number of aliphatic hydroxyl groups excluding tert-OH is 1. The van der Waals surface area contributed by atoms with Crippen molar-refractivity contribution in [3.63, 3.8) is 0 Å². The van der Waals surface area contributed by atoms with Gasteiger partial charge in [-0.25, -0.2) is 0 Å². The molecular weight excluding hydrogens is 124 g/mol. The fraction of sp³-hybridized carbons (Fsp3) is 0.778. The molecule has 0 aliphatic rings. The molecule has 0 saturated heterocycles. The lowest BCUT2D eigenvalue weighted by Crippen LogP contribution is -2.04. The third-order valence-electron chi connectivity index (χ3n) is 1.24. The summed E-state index contributed by atoms with van der Waals surface area (Å²) in [4.78, 5) is 0. The Bertz CT molecular complexity index is 108. The van der Waals surface area contributed by atoms with Crippen LogP contribution in [0.1, 0.15) is 34.1 Å². The van der Waals surface area contributed by atoms with Crippen LogP contribution in [-0.4, -0.2) is 11.2 Å². The van der Waals surface area contributed by atoms with E-state index in [-0.39, 0.29) is 11.5 Å². The zero-order chi connectivity index (χ0) is 8.20. The van der Waals surface area contributed by atoms with E-state index in [4.69, 9.17) is 5.11 Å². The molecule has 0 aromatic carbocycles. The molecule has 1 N–H and O–H groups in total. The Morgan fingerprint density at radius 3 is 2.20 bits per heavy atom. The highest BCUT2D eigenvalue weighted by atomic mass is 16.3. The Balaban J connectivity index is 3.75. The van der Waals surface area contributed by atoms with Crippen LogP contribution in [0, 0.1) is 5.41 Å². The van der Waals surface area contributed by atoms with Crippen LogP contribution < -0.4 is 0 Å². The summed E-state index contributed by atoms with van der Waals surface area (Å²) in [6.45, 7) is 8.32. The van der Waals surface area contributed by atoms with Crippen LogP contribution in [0.5, 0.6) is 0 Å². The molecule has 0 aliphatic heterocycles. The minimum atomic E-state index is -0.265. The molecule has 60 valence electrons. The van der Waals surface area contributed by atoms with Gasteiger partial charge < -0.3 is 5.11 Å². The summed E-state index contributed by atoms with van der Waals surface area (Å²) >= 11 is 0. The first-order valence-electron chi connectivity index (χ1n) is 3.83. The fourth-order valence-electron chi connectivity index (χ4n) is 0.536. The number of rotatable bonds is 2. The lowest BCUT2D eigenvalue weighted by Gasteiger charge is -2.12. The van der Waals surface area contributed by atoms with E-state index in [1.54, 1.807) is 0 Å². The van der Waals surface area contributed by atoms with Crippen LogP contribution in [0.3, 0.4) is 0 Å². The second kappa shape index (κ2) is 3.77. The summed E-state index contributed by atoms with van der Waals surface area (Å²) < 4.78 is 0. The Hall–Kier alpha value is -0.300. The molecule has 1 unspecified atom stereocenters. The first kappa shape index (κ1) is 9.70. The smallest absolute Gasteiger partial charge is 0.0718 e. The maximum absolute atomic E-state index is 9.13. The highest BCUT2D eigenvalue weighted by Crippen LogP contribution is 2.14. The summed E-state index contributed by atoms with van der Waals surface area (Å²) in [6, 6.07) is 0. The standard InChI is InChI=1S/C9H18O/c1-5-8(10)6-7-9(2,3)4/h6-8,10H,5H2,1-4H3/b7-6+. The maximum Gasteiger partial charge on any atom is 0.0718 e. The van der Waals surface area contributed by atoms with Crippen molar-refractivity contribution >= 4 is 0 Å². The third-order valence-corrected chi connectivity index (χ3v) is 1.24. The van der Waals surface area contributed by atoms with Crippen molar-refractivity contribution in [3.05, 3.63) is 12.2 Å². The van der Waals surface area contributed by atoms with Crippen LogP contribution in [0.15, 0.2) is 12.2 Å². The molecule has 1 heteroatoms. The highest BCUT2D eigenvalue weighted by Gasteiger charge is 2.04. The summed E-state index contributed by atoms with van der Waals surface area (Å²) in [5, 5.41) is 9.13. The van der Waals surface area contributed by atoms with Gasteiger partial charge in [0, 0.05) is 0 Å². The Kier molecular flexibility index (Phi) is 3.66. The van der Waals surface area contributed by atoms with E-state index in [0.29, 0.717) is 0 Å². The van der Waals surface area contributed by atoms with E-state index in [2.05, 4.69) is 20.8 Å². The van der Waals surface area contributed by atoms with Crippen molar-refractivity contribution < 1.29 is 5.11 Å². The van der Waals surface area contributed by atoms with Gasteiger partial charge in [0.2, 0.25) is 0 Å². The Morgan fingerprint density at radius 1 is 1.40 bits per heavy atom. The van der Waals surface area contributed by atoms with Crippen molar-refractivity contribution in [1.29, 1.82) is 0 Å². The Labute approximate surface area is 63.8 Å². The Morgan fingerprint density at radius 2 is 1.90 bits per heavy atom. The van der Waals surface area contributed by atoms with Gasteiger partial charge in [-0.1, -0.05) is 39.8 Å². The van der Waals surface area contributed by atoms with Gasteiger partial charge in [0.1, 0.15) is 0 Å². The fourth-order valence-corrected chi connectivity index (χ4v) is 0.536. The largest absolute Gasteiger partial charge is 0.389 e. The van der Waals surface area contributed by atoms with E-state index in [9.17, 15) is 0 Å². The topological polar surface area (TPSA) is 20.2 Å². The van der Waals surface area contributed by atoms with Crippen molar-refractivity contribution in [2.45, 2.75) is 40.2 Å². The lowest BCUT2D eigenvalue weighted by atomic mass is 9.95. The minimum Gasteiger partial charge on any atom is -0.389 e. The van der Waals surface area contributed by atoms with E-state index >= 15 is 0 Å². The summed E-state index contributed by atoms with van der Waals surface area (Å²) in [6.07, 6.45) is 4.44. The van der Waals surface area contributed by atoms with Crippen molar-refractivity contribution in [2.24, 2.45) is 5.41 Å². The van der Waals surface area contributed by atoms with E-state index in [1.165, 1.54) is 0 Å². The third kappa shape index (κ3) is 5.83. The molecule has 0 aliphatic carbocycles. The van der Waals surface area contributed by atoms with Crippen molar-refractivity contribution in [1.82, 2.24) is 0 Å². The molecule has 0 bridgehead atoms. The van der Waals surface area contributed by atoms with Crippen LogP contribution in [-0.2, 0) is 0 Å². The summed E-state index contributed by atoms with van der Waals surface area (Å²) in [5.41, 5.74) is 0.191. The molecule has 0 amide bonds. The first-order valence-corrected chi connectivity index (χ1v) is 3.83. The predicted octanol–water partition coefficient (Wildman–Crippen LogP) is 2.36. The van der Waals surface area contributed by atoms with Gasteiger partial charge >= 0.3 is 0 Å². The van der Waals surface area contributed by atoms with Gasteiger partial charge in [0.15, 0.2) is 0 Å². The quantitative estimate of drug-likeness (QED) is 0.587. The average Bonchev–Trinajstić information content (AvgIpc) is 1.81. The van der Waals surface area contributed by atoms with E-state index < -0.39 is 0 Å². The molecule has 0 spiro atoms. The highest BCUT2D eigenvalue weighted by molar-refractivity contribution is 4.95. The summed E-state index contributed by atoms with van der Waals surface area (Å²) in [5.74, 6) is 0. The monoisotopic (exact) mass is 142 g/mol. The van der Waals surface area contributed by atoms with Gasteiger partial charge in [-0.15, -0.1) is 0 Å². The summed E-state index contributed by atoms with van der Waals surface area (Å²) in [7, 11) is 0. The van der Waals surface area contributed by atoms with Crippen LogP contribution in [0.25, 0.3) is 0 Å². The molecule has 0 aromatic heterocycles. The average molecular weight is 142 g/mol. The molecule has 0 aromatic rings. The number of hydrogen-bond acceptors (Lipinski definition) is 1. The second-order valence-electron chi connectivity index (χ2n) is 3.70. The van der Waals surface area contributed by atoms with Crippen LogP contribution in [0.4, 0.5) is 0 Å². The maximum atomic E-state index is 9.13. The molecule has 0 radical (unpaired) electrons. The molecule has 0 heterocycles. The minimum absolute atomic E-state index is 0.191. The van der Waals surface area contributed by atoms with Gasteiger partial charge in [0.25, 0.3) is 0 Å². The zero-order valence-corrected chi connectivity index (χ0v) is 7.39. The first-order chi connectivity index (χ1) is 4.45. The molecule has 0 rings (SSSR count). The van der Waals surface area contributed by atoms with Crippen molar-refractivity contribution in [3.8, 4) is 0 Å². The van der Waals surface area contributed by atoms with Crippen LogP contribution in [0.2, 0.25) is 0 Å².